The Morgan fingerprint density at radius 1 is 1.50 bits per heavy atom. The molecule has 2 unspecified atom stereocenters. The summed E-state index contributed by atoms with van der Waals surface area (Å²) < 4.78 is 2.15. The molecule has 18 heavy (non-hydrogen) atoms. The van der Waals surface area contributed by atoms with E-state index >= 15 is 0 Å². The summed E-state index contributed by atoms with van der Waals surface area (Å²) in [4.78, 5) is 4.53. The molecule has 0 fully saturated rings. The first kappa shape index (κ1) is 12.6. The molecule has 2 rings (SSSR count). The van der Waals surface area contributed by atoms with E-state index in [9.17, 15) is 0 Å². The molecule has 0 saturated carbocycles. The number of hydrogen-bond acceptors (Lipinski definition) is 3. The molecule has 0 radical (unpaired) electrons. The Morgan fingerprint density at radius 2 is 2.17 bits per heavy atom. The molecule has 0 aliphatic rings. The molecule has 0 saturated heterocycles. The Balaban J connectivity index is 2.42. The molecule has 4 heteroatoms. The number of nitrogens with zero attached hydrogens (tertiary/aromatic N) is 3. The van der Waals surface area contributed by atoms with Crippen LogP contribution in [0.3, 0.4) is 0 Å². The first-order valence-electron chi connectivity index (χ1n) is 6.08. The zero-order chi connectivity index (χ0) is 13.3. The van der Waals surface area contributed by atoms with Gasteiger partial charge in [0.25, 0.3) is 0 Å². The second kappa shape index (κ2) is 4.43. The quantitative estimate of drug-likeness (QED) is 0.899. The van der Waals surface area contributed by atoms with Crippen molar-refractivity contribution in [3.8, 4) is 6.07 Å². The molecule has 2 N–H and O–H groups in total. The van der Waals surface area contributed by atoms with E-state index in [1.54, 1.807) is 6.92 Å². The van der Waals surface area contributed by atoms with Crippen LogP contribution in [0.2, 0.25) is 0 Å². The molecule has 4 nitrogen and oxygen atoms in total. The highest BCUT2D eigenvalue weighted by Crippen LogP contribution is 2.25. The fourth-order valence-corrected chi connectivity index (χ4v) is 2.47. The molecule has 1 aromatic carbocycles. The number of nitrogens with two attached hydrogens (primary N) is 1. The summed E-state index contributed by atoms with van der Waals surface area (Å²) in [6.45, 7) is 5.82. The van der Waals surface area contributed by atoms with Crippen molar-refractivity contribution in [1.29, 1.82) is 5.26 Å². The maximum atomic E-state index is 9.02. The highest BCUT2D eigenvalue weighted by atomic mass is 15.1. The molecule has 0 aliphatic heterocycles. The number of aromatic nitrogens is 2. The molecule has 0 bridgehead atoms. The van der Waals surface area contributed by atoms with E-state index in [1.165, 1.54) is 0 Å². The molecule has 94 valence electrons. The molecule has 0 amide bonds. The van der Waals surface area contributed by atoms with Crippen LogP contribution in [0, 0.1) is 18.3 Å². The average Bonchev–Trinajstić information content (AvgIpc) is 2.64. The molecule has 1 heterocycles. The summed E-state index contributed by atoms with van der Waals surface area (Å²) in [5.41, 5.74) is 7.19. The van der Waals surface area contributed by atoms with Gasteiger partial charge >= 0.3 is 0 Å². The molecule has 0 spiro atoms. The average molecular weight is 242 g/mol. The van der Waals surface area contributed by atoms with E-state index in [0.717, 1.165) is 16.9 Å². The van der Waals surface area contributed by atoms with Crippen molar-refractivity contribution >= 4 is 11.0 Å². The lowest BCUT2D eigenvalue weighted by atomic mass is 9.96. The van der Waals surface area contributed by atoms with Gasteiger partial charge < -0.3 is 10.3 Å². The van der Waals surface area contributed by atoms with Gasteiger partial charge in [-0.1, -0.05) is 12.1 Å². The normalized spacial score (nSPS) is 16.2. The smallest absolute Gasteiger partial charge is 0.106 e. The van der Waals surface area contributed by atoms with E-state index in [1.807, 2.05) is 31.2 Å². The lowest BCUT2D eigenvalue weighted by Crippen LogP contribution is -2.36. The van der Waals surface area contributed by atoms with Gasteiger partial charge in [0, 0.05) is 6.04 Å². The first-order valence-corrected chi connectivity index (χ1v) is 6.08. The first-order chi connectivity index (χ1) is 8.44. The Bertz CT molecular complexity index is 604. The van der Waals surface area contributed by atoms with Crippen LogP contribution in [0.4, 0.5) is 0 Å². The third kappa shape index (κ3) is 2.22. The third-order valence-electron chi connectivity index (χ3n) is 3.19. The summed E-state index contributed by atoms with van der Waals surface area (Å²) in [6, 6.07) is 10.3. The van der Waals surface area contributed by atoms with Crippen LogP contribution in [0.5, 0.6) is 0 Å². The van der Waals surface area contributed by atoms with E-state index < -0.39 is 5.54 Å². The fraction of sp³-hybridized carbons (Fsp3) is 0.429. The second-order valence-electron chi connectivity index (χ2n) is 5.10. The highest BCUT2D eigenvalue weighted by Gasteiger charge is 2.23. The Kier molecular flexibility index (Phi) is 3.10. The van der Waals surface area contributed by atoms with Gasteiger partial charge in [0.05, 0.1) is 17.1 Å². The number of imidazole rings is 1. The minimum atomic E-state index is -0.808. The molecule has 2 aromatic rings. The van der Waals surface area contributed by atoms with Crippen molar-refractivity contribution in [3.63, 3.8) is 0 Å². The van der Waals surface area contributed by atoms with Gasteiger partial charge in [0.2, 0.25) is 0 Å². The maximum Gasteiger partial charge on any atom is 0.106 e. The lowest BCUT2D eigenvalue weighted by Gasteiger charge is -2.23. The summed E-state index contributed by atoms with van der Waals surface area (Å²) in [6.07, 6.45) is 0.602. The van der Waals surface area contributed by atoms with Gasteiger partial charge in [-0.05, 0) is 39.3 Å². The molecule has 1 aromatic heterocycles. The van der Waals surface area contributed by atoms with Crippen LogP contribution in [0.25, 0.3) is 11.0 Å². The van der Waals surface area contributed by atoms with Gasteiger partial charge in [-0.2, -0.15) is 5.26 Å². The monoisotopic (exact) mass is 242 g/mol. The van der Waals surface area contributed by atoms with Gasteiger partial charge in [0.15, 0.2) is 0 Å². The van der Waals surface area contributed by atoms with Crippen molar-refractivity contribution in [2.75, 3.05) is 0 Å². The SMILES string of the molecule is Cc1nc2ccccc2n1C(C)CC(C)(N)C#N. The lowest BCUT2D eigenvalue weighted by molar-refractivity contribution is 0.414. The predicted octanol–water partition coefficient (Wildman–Crippen LogP) is 2.54. The number of hydrogen-bond donors (Lipinski definition) is 1. The summed E-state index contributed by atoms with van der Waals surface area (Å²) in [5.74, 6) is 0.956. The second-order valence-corrected chi connectivity index (χ2v) is 5.10. The van der Waals surface area contributed by atoms with Crippen molar-refractivity contribution < 1.29 is 0 Å². The molecular weight excluding hydrogens is 224 g/mol. The van der Waals surface area contributed by atoms with E-state index in [-0.39, 0.29) is 6.04 Å². The Morgan fingerprint density at radius 3 is 2.83 bits per heavy atom. The number of rotatable bonds is 3. The van der Waals surface area contributed by atoms with Gasteiger partial charge in [0.1, 0.15) is 11.4 Å². The van der Waals surface area contributed by atoms with E-state index in [4.69, 9.17) is 11.0 Å². The van der Waals surface area contributed by atoms with Crippen molar-refractivity contribution in [3.05, 3.63) is 30.1 Å². The topological polar surface area (TPSA) is 67.6 Å². The third-order valence-corrected chi connectivity index (χ3v) is 3.19. The number of para-hydroxylation sites is 2. The Labute approximate surface area is 107 Å². The minimum Gasteiger partial charge on any atom is -0.325 e. The summed E-state index contributed by atoms with van der Waals surface area (Å²) in [5, 5.41) is 9.02. The zero-order valence-electron chi connectivity index (χ0n) is 11.0. The van der Waals surface area contributed by atoms with Crippen LogP contribution in [0.15, 0.2) is 24.3 Å². The highest BCUT2D eigenvalue weighted by molar-refractivity contribution is 5.76. The van der Waals surface area contributed by atoms with Gasteiger partial charge in [-0.25, -0.2) is 4.98 Å². The molecule has 2 atom stereocenters. The summed E-state index contributed by atoms with van der Waals surface area (Å²) >= 11 is 0. The standard InChI is InChI=1S/C14H18N4/c1-10(8-14(3,16)9-15)18-11(2)17-12-6-4-5-7-13(12)18/h4-7,10H,8,16H2,1-3H3. The van der Waals surface area contributed by atoms with Crippen molar-refractivity contribution in [2.45, 2.75) is 38.8 Å². The minimum absolute atomic E-state index is 0.145. The van der Waals surface area contributed by atoms with Crippen LogP contribution in [-0.4, -0.2) is 15.1 Å². The van der Waals surface area contributed by atoms with E-state index in [0.29, 0.717) is 6.42 Å². The molecule has 0 aliphatic carbocycles. The van der Waals surface area contributed by atoms with Crippen LogP contribution in [0.1, 0.15) is 32.1 Å². The molecular formula is C14H18N4. The largest absolute Gasteiger partial charge is 0.325 e. The van der Waals surface area contributed by atoms with Crippen molar-refractivity contribution in [1.82, 2.24) is 9.55 Å². The van der Waals surface area contributed by atoms with Gasteiger partial charge in [-0.15, -0.1) is 0 Å². The number of fused-ring (bicyclic) bond motifs is 1. The maximum absolute atomic E-state index is 9.02. The number of aryl methyl sites for hydroxylation is 1. The fourth-order valence-electron chi connectivity index (χ4n) is 2.47. The van der Waals surface area contributed by atoms with Crippen molar-refractivity contribution in [2.24, 2.45) is 5.73 Å². The van der Waals surface area contributed by atoms with Gasteiger partial charge in [-0.3, -0.25) is 0 Å². The van der Waals surface area contributed by atoms with E-state index in [2.05, 4.69) is 22.5 Å². The number of nitriles is 1. The summed E-state index contributed by atoms with van der Waals surface area (Å²) in [7, 11) is 0. The van der Waals surface area contributed by atoms with Crippen LogP contribution >= 0.6 is 0 Å². The number of benzene rings is 1. The van der Waals surface area contributed by atoms with Crippen LogP contribution < -0.4 is 5.73 Å². The van der Waals surface area contributed by atoms with Crippen LogP contribution in [-0.2, 0) is 0 Å². The Hall–Kier alpha value is -1.86. The predicted molar refractivity (Wildman–Crippen MR) is 72.0 cm³/mol. The zero-order valence-corrected chi connectivity index (χ0v) is 11.0.